The van der Waals surface area contributed by atoms with Crippen LogP contribution < -0.4 is 21.3 Å². The number of para-hydroxylation sites is 1. The van der Waals surface area contributed by atoms with Gasteiger partial charge in [-0.05, 0) is 25.5 Å². The molecule has 1 fully saturated rings. The number of carbonyl (C=O) groups excluding carboxylic acids is 2. The minimum absolute atomic E-state index is 0.0497. The molecule has 0 radical (unpaired) electrons. The van der Waals surface area contributed by atoms with Gasteiger partial charge in [0.15, 0.2) is 5.13 Å². The third-order valence-corrected chi connectivity index (χ3v) is 6.12. The first kappa shape index (κ1) is 22.7. The number of hydrogen-bond donors (Lipinski definition) is 4. The predicted molar refractivity (Wildman–Crippen MR) is 130 cm³/mol. The molecule has 10 nitrogen and oxygen atoms in total. The molecule has 0 spiro atoms. The largest absolute Gasteiger partial charge is 0.368 e. The van der Waals surface area contributed by atoms with Crippen LogP contribution in [0.4, 0.5) is 27.2 Å². The van der Waals surface area contributed by atoms with Gasteiger partial charge in [-0.15, -0.1) is 0 Å². The monoisotopic (exact) mass is 486 g/mol. The summed E-state index contributed by atoms with van der Waals surface area (Å²) in [6.07, 6.45) is 1.50. The van der Waals surface area contributed by atoms with Crippen molar-refractivity contribution < 1.29 is 9.59 Å². The zero-order valence-electron chi connectivity index (χ0n) is 18.1. The Kier molecular flexibility index (Phi) is 6.90. The summed E-state index contributed by atoms with van der Waals surface area (Å²) in [6, 6.07) is 7.14. The summed E-state index contributed by atoms with van der Waals surface area (Å²) in [5, 5.41) is 13.0. The molecule has 3 heterocycles. The zero-order chi connectivity index (χ0) is 23.4. The van der Waals surface area contributed by atoms with Crippen molar-refractivity contribution in [2.24, 2.45) is 0 Å². The normalized spacial score (nSPS) is 13.1. The number of urea groups is 1. The Hall–Kier alpha value is -3.44. The van der Waals surface area contributed by atoms with Crippen LogP contribution in [0.2, 0.25) is 5.02 Å². The number of nitrogens with one attached hydrogen (secondary N) is 4. The van der Waals surface area contributed by atoms with Gasteiger partial charge in [-0.25, -0.2) is 19.7 Å². The lowest BCUT2D eigenvalue weighted by atomic mass is 10.2. The highest BCUT2D eigenvalue weighted by molar-refractivity contribution is 7.17. The molecule has 3 amide bonds. The lowest BCUT2D eigenvalue weighted by molar-refractivity contribution is 0.103. The van der Waals surface area contributed by atoms with Crippen molar-refractivity contribution in [3.05, 3.63) is 51.7 Å². The van der Waals surface area contributed by atoms with E-state index in [1.54, 1.807) is 24.0 Å². The van der Waals surface area contributed by atoms with Gasteiger partial charge in [-0.3, -0.25) is 4.79 Å². The number of thiazole rings is 1. The lowest BCUT2D eigenvalue weighted by Gasteiger charge is -2.15. The highest BCUT2D eigenvalue weighted by Gasteiger charge is 2.18. The quantitative estimate of drug-likeness (QED) is 0.383. The standard InChI is InChI=1S/C21H23ClN8O2S/c1-12-4-3-5-14(22)18(12)29-19(31)15-11-25-20(33-15)28-17-10-16(26-13(2)27-17)23-6-8-30-9-7-24-21(30)32/h3-5,10-11H,6-9H2,1-2H3,(H,24,32)(H,29,31)(H2,23,25,26,27,28). The fourth-order valence-corrected chi connectivity index (χ4v) is 4.27. The average molecular weight is 487 g/mol. The van der Waals surface area contributed by atoms with Gasteiger partial charge in [0.1, 0.15) is 22.3 Å². The Bertz CT molecular complexity index is 1160. The summed E-state index contributed by atoms with van der Waals surface area (Å²) < 4.78 is 0. The van der Waals surface area contributed by atoms with Crippen molar-refractivity contribution in [1.82, 2.24) is 25.2 Å². The number of aromatic nitrogens is 3. The highest BCUT2D eigenvalue weighted by Crippen LogP contribution is 2.28. The van der Waals surface area contributed by atoms with Gasteiger partial charge in [0.05, 0.1) is 16.9 Å². The lowest BCUT2D eigenvalue weighted by Crippen LogP contribution is -2.32. The van der Waals surface area contributed by atoms with Crippen LogP contribution in [-0.2, 0) is 0 Å². The fraction of sp³-hybridized carbons (Fsp3) is 0.286. The van der Waals surface area contributed by atoms with E-state index in [9.17, 15) is 9.59 Å². The number of amides is 3. The van der Waals surface area contributed by atoms with E-state index in [-0.39, 0.29) is 11.9 Å². The first-order valence-corrected chi connectivity index (χ1v) is 11.5. The Balaban J connectivity index is 1.38. The van der Waals surface area contributed by atoms with Crippen molar-refractivity contribution in [2.45, 2.75) is 13.8 Å². The molecular weight excluding hydrogens is 464 g/mol. The van der Waals surface area contributed by atoms with Crippen molar-refractivity contribution in [3.63, 3.8) is 0 Å². The summed E-state index contributed by atoms with van der Waals surface area (Å²) in [5.41, 5.74) is 1.46. The van der Waals surface area contributed by atoms with Crippen LogP contribution in [0, 0.1) is 13.8 Å². The smallest absolute Gasteiger partial charge is 0.317 e. The molecule has 0 bridgehead atoms. The van der Waals surface area contributed by atoms with E-state index in [2.05, 4.69) is 36.2 Å². The predicted octanol–water partition coefficient (Wildman–Crippen LogP) is 3.64. The molecule has 1 aromatic carbocycles. The minimum Gasteiger partial charge on any atom is -0.368 e. The van der Waals surface area contributed by atoms with Crippen molar-refractivity contribution in [1.29, 1.82) is 0 Å². The molecule has 0 unspecified atom stereocenters. The first-order chi connectivity index (χ1) is 15.9. The maximum absolute atomic E-state index is 12.6. The van der Waals surface area contributed by atoms with Gasteiger partial charge in [0, 0.05) is 32.2 Å². The molecule has 1 aliphatic rings. The van der Waals surface area contributed by atoms with E-state index in [0.29, 0.717) is 64.4 Å². The summed E-state index contributed by atoms with van der Waals surface area (Å²) in [7, 11) is 0. The number of anilines is 4. The Morgan fingerprint density at radius 2 is 2.09 bits per heavy atom. The van der Waals surface area contributed by atoms with Crippen LogP contribution in [0.15, 0.2) is 30.5 Å². The van der Waals surface area contributed by atoms with E-state index in [4.69, 9.17) is 11.6 Å². The molecule has 0 saturated carbocycles. The molecule has 1 saturated heterocycles. The summed E-state index contributed by atoms with van der Waals surface area (Å²) in [4.78, 5) is 39.5. The van der Waals surface area contributed by atoms with E-state index in [0.717, 1.165) is 5.56 Å². The van der Waals surface area contributed by atoms with E-state index in [1.807, 2.05) is 19.1 Å². The number of halogens is 1. The summed E-state index contributed by atoms with van der Waals surface area (Å²) >= 11 is 7.41. The van der Waals surface area contributed by atoms with Crippen LogP contribution in [-0.4, -0.2) is 58.0 Å². The number of hydrogen-bond acceptors (Lipinski definition) is 8. The molecule has 4 rings (SSSR count). The van der Waals surface area contributed by atoms with Gasteiger partial charge in [-0.2, -0.15) is 0 Å². The number of carbonyl (C=O) groups is 2. The second kappa shape index (κ2) is 10.0. The van der Waals surface area contributed by atoms with E-state index in [1.165, 1.54) is 17.5 Å². The first-order valence-electron chi connectivity index (χ1n) is 10.3. The molecule has 0 atom stereocenters. The van der Waals surface area contributed by atoms with Crippen LogP contribution in [0.1, 0.15) is 21.1 Å². The van der Waals surface area contributed by atoms with E-state index >= 15 is 0 Å². The molecule has 12 heteroatoms. The van der Waals surface area contributed by atoms with Crippen molar-refractivity contribution in [2.75, 3.05) is 42.1 Å². The second-order valence-electron chi connectivity index (χ2n) is 7.37. The average Bonchev–Trinajstić information content (AvgIpc) is 3.39. The van der Waals surface area contributed by atoms with E-state index < -0.39 is 0 Å². The van der Waals surface area contributed by atoms with Crippen LogP contribution in [0.3, 0.4) is 0 Å². The van der Waals surface area contributed by atoms with Gasteiger partial charge in [0.25, 0.3) is 5.91 Å². The molecule has 3 aromatic rings. The number of benzene rings is 1. The number of nitrogens with zero attached hydrogens (tertiary/aromatic N) is 4. The van der Waals surface area contributed by atoms with Crippen molar-refractivity contribution in [3.8, 4) is 0 Å². The summed E-state index contributed by atoms with van der Waals surface area (Å²) in [5.74, 6) is 1.47. The molecule has 2 aromatic heterocycles. The van der Waals surface area contributed by atoms with Crippen LogP contribution in [0.25, 0.3) is 0 Å². The maximum Gasteiger partial charge on any atom is 0.317 e. The topological polar surface area (TPSA) is 124 Å². The number of aryl methyl sites for hydroxylation is 2. The molecule has 172 valence electrons. The molecule has 4 N–H and O–H groups in total. The molecule has 0 aliphatic carbocycles. The second-order valence-corrected chi connectivity index (χ2v) is 8.81. The third-order valence-electron chi connectivity index (χ3n) is 4.90. The van der Waals surface area contributed by atoms with Gasteiger partial charge >= 0.3 is 6.03 Å². The minimum atomic E-state index is -0.288. The van der Waals surface area contributed by atoms with Crippen LogP contribution >= 0.6 is 22.9 Å². The van der Waals surface area contributed by atoms with Gasteiger partial charge in [0.2, 0.25) is 0 Å². The fourth-order valence-electron chi connectivity index (χ4n) is 3.28. The SMILES string of the molecule is Cc1nc(NCCN2CCNC2=O)cc(Nc2ncc(C(=O)Nc3c(C)cccc3Cl)s2)n1. The van der Waals surface area contributed by atoms with Crippen molar-refractivity contribution >= 4 is 57.3 Å². The summed E-state index contributed by atoms with van der Waals surface area (Å²) in [6.45, 7) is 6.18. The molecular formula is C21H23ClN8O2S. The van der Waals surface area contributed by atoms with Gasteiger partial charge < -0.3 is 26.2 Å². The van der Waals surface area contributed by atoms with Gasteiger partial charge in [-0.1, -0.05) is 35.1 Å². The Morgan fingerprint density at radius 3 is 2.85 bits per heavy atom. The van der Waals surface area contributed by atoms with Crippen LogP contribution in [0.5, 0.6) is 0 Å². The highest BCUT2D eigenvalue weighted by atomic mass is 35.5. The zero-order valence-corrected chi connectivity index (χ0v) is 19.7. The number of rotatable bonds is 8. The maximum atomic E-state index is 12.6. The Morgan fingerprint density at radius 1 is 1.27 bits per heavy atom. The molecule has 1 aliphatic heterocycles. The molecule has 33 heavy (non-hydrogen) atoms. The Labute approximate surface area is 199 Å². The third kappa shape index (κ3) is 5.68.